The first kappa shape index (κ1) is 17.1. The number of nitrogens with one attached hydrogen (secondary N) is 2. The molecule has 0 unspecified atom stereocenters. The van der Waals surface area contributed by atoms with Crippen LogP contribution in [0, 0.1) is 0 Å². The summed E-state index contributed by atoms with van der Waals surface area (Å²) in [4.78, 5) is 28.6. The van der Waals surface area contributed by atoms with Gasteiger partial charge in [-0.2, -0.15) is 0 Å². The zero-order chi connectivity index (χ0) is 18.7. The molecule has 0 spiro atoms. The van der Waals surface area contributed by atoms with Crippen LogP contribution in [0.25, 0.3) is 10.9 Å². The van der Waals surface area contributed by atoms with Crippen molar-refractivity contribution in [3.05, 3.63) is 24.4 Å². The highest BCUT2D eigenvalue weighted by Gasteiger charge is 2.52. The van der Waals surface area contributed by atoms with Crippen molar-refractivity contribution in [2.24, 2.45) is 0 Å². The molecule has 1 aromatic carbocycles. The highest BCUT2D eigenvalue weighted by atomic mass is 16.7. The van der Waals surface area contributed by atoms with Crippen LogP contribution in [0.5, 0.6) is 0 Å². The smallest absolute Gasteiger partial charge is 0.399 e. The molecule has 7 nitrogen and oxygen atoms in total. The molecule has 0 aliphatic carbocycles. The summed E-state index contributed by atoms with van der Waals surface area (Å²) in [5, 5.41) is 3.29. The van der Waals surface area contributed by atoms with E-state index < -0.39 is 24.4 Å². The van der Waals surface area contributed by atoms with Crippen molar-refractivity contribution in [1.29, 1.82) is 0 Å². The fourth-order valence-corrected chi connectivity index (χ4v) is 3.30. The van der Waals surface area contributed by atoms with Gasteiger partial charge in [0.1, 0.15) is 0 Å². The van der Waals surface area contributed by atoms with Crippen molar-refractivity contribution < 1.29 is 18.9 Å². The highest BCUT2D eigenvalue weighted by Crippen LogP contribution is 2.37. The maximum absolute atomic E-state index is 12.3. The van der Waals surface area contributed by atoms with E-state index in [4.69, 9.17) is 9.31 Å². The minimum atomic E-state index is -0.527. The summed E-state index contributed by atoms with van der Waals surface area (Å²) in [6.45, 7) is 8.36. The molecule has 3 heterocycles. The number of carbonyl (C=O) groups excluding carboxylic acids is 2. The fraction of sp³-hybridized carbons (Fsp3) is 0.444. The number of benzene rings is 1. The predicted octanol–water partition coefficient (Wildman–Crippen LogP) is 1.91. The molecular weight excluding hydrogens is 333 g/mol. The SMILES string of the molecule is CC1(C)OB(c2cc(N3CCC(=O)NC3=O)c3cc[nH]c3c2)OC1(C)C. The minimum absolute atomic E-state index is 0.251. The van der Waals surface area contributed by atoms with Crippen LogP contribution in [-0.4, -0.2) is 41.8 Å². The van der Waals surface area contributed by atoms with E-state index in [9.17, 15) is 9.59 Å². The van der Waals surface area contributed by atoms with Crippen molar-refractivity contribution in [3.63, 3.8) is 0 Å². The first-order chi connectivity index (χ1) is 12.2. The number of fused-ring (bicyclic) bond motifs is 1. The number of imide groups is 1. The number of aromatic nitrogens is 1. The Kier molecular flexibility index (Phi) is 3.68. The van der Waals surface area contributed by atoms with E-state index in [1.54, 1.807) is 4.90 Å². The Balaban J connectivity index is 1.77. The maximum Gasteiger partial charge on any atom is 0.494 e. The molecule has 8 heteroatoms. The third kappa shape index (κ3) is 2.60. The lowest BCUT2D eigenvalue weighted by atomic mass is 9.78. The molecule has 0 radical (unpaired) electrons. The monoisotopic (exact) mass is 355 g/mol. The Morgan fingerprint density at radius 1 is 1.12 bits per heavy atom. The van der Waals surface area contributed by atoms with Gasteiger partial charge in [0.25, 0.3) is 0 Å². The number of urea groups is 1. The minimum Gasteiger partial charge on any atom is -0.399 e. The van der Waals surface area contributed by atoms with Crippen LogP contribution in [0.15, 0.2) is 24.4 Å². The largest absolute Gasteiger partial charge is 0.494 e. The lowest BCUT2D eigenvalue weighted by molar-refractivity contribution is -0.120. The van der Waals surface area contributed by atoms with E-state index in [1.807, 2.05) is 52.1 Å². The molecule has 2 aliphatic rings. The summed E-state index contributed by atoms with van der Waals surface area (Å²) in [7, 11) is -0.527. The summed E-state index contributed by atoms with van der Waals surface area (Å²) < 4.78 is 12.3. The van der Waals surface area contributed by atoms with E-state index in [2.05, 4.69) is 10.3 Å². The number of hydrogen-bond donors (Lipinski definition) is 2. The van der Waals surface area contributed by atoms with Gasteiger partial charge in [-0.1, -0.05) is 0 Å². The Labute approximate surface area is 152 Å². The van der Waals surface area contributed by atoms with Crippen molar-refractivity contribution in [2.75, 3.05) is 11.4 Å². The molecule has 0 atom stereocenters. The topological polar surface area (TPSA) is 83.7 Å². The molecule has 26 heavy (non-hydrogen) atoms. The Hall–Kier alpha value is -2.32. The summed E-state index contributed by atoms with van der Waals surface area (Å²) in [5.41, 5.74) is 1.56. The van der Waals surface area contributed by atoms with Crippen LogP contribution < -0.4 is 15.7 Å². The first-order valence-corrected chi connectivity index (χ1v) is 8.76. The van der Waals surface area contributed by atoms with Crippen molar-refractivity contribution >= 4 is 41.1 Å². The summed E-state index contributed by atoms with van der Waals surface area (Å²) >= 11 is 0. The summed E-state index contributed by atoms with van der Waals surface area (Å²) in [6.07, 6.45) is 2.10. The van der Waals surface area contributed by atoms with Gasteiger partial charge < -0.3 is 14.3 Å². The van der Waals surface area contributed by atoms with Gasteiger partial charge in [0.2, 0.25) is 5.91 Å². The van der Waals surface area contributed by atoms with Crippen LogP contribution in [-0.2, 0) is 14.1 Å². The second-order valence-electron chi connectivity index (χ2n) is 7.82. The Bertz CT molecular complexity index is 889. The molecule has 0 bridgehead atoms. The number of carbonyl (C=O) groups is 2. The summed E-state index contributed by atoms with van der Waals surface area (Å²) in [5.74, 6) is -0.251. The number of amides is 3. The van der Waals surface area contributed by atoms with Gasteiger partial charge >= 0.3 is 13.1 Å². The fourth-order valence-electron chi connectivity index (χ4n) is 3.30. The first-order valence-electron chi connectivity index (χ1n) is 8.76. The van der Waals surface area contributed by atoms with Crippen LogP contribution in [0.2, 0.25) is 0 Å². The Morgan fingerprint density at radius 3 is 2.46 bits per heavy atom. The second kappa shape index (κ2) is 5.59. The average molecular weight is 355 g/mol. The summed E-state index contributed by atoms with van der Waals surface area (Å²) in [6, 6.07) is 5.40. The molecule has 1 aromatic heterocycles. The van der Waals surface area contributed by atoms with Gasteiger partial charge in [-0.3, -0.25) is 15.0 Å². The lowest BCUT2D eigenvalue weighted by Gasteiger charge is -2.32. The molecule has 2 saturated heterocycles. The van der Waals surface area contributed by atoms with Gasteiger partial charge in [0.15, 0.2) is 0 Å². The van der Waals surface area contributed by atoms with E-state index in [0.29, 0.717) is 6.54 Å². The van der Waals surface area contributed by atoms with Gasteiger partial charge in [-0.25, -0.2) is 4.79 Å². The van der Waals surface area contributed by atoms with Gasteiger partial charge in [0, 0.05) is 30.1 Å². The van der Waals surface area contributed by atoms with Crippen molar-refractivity contribution in [3.8, 4) is 0 Å². The van der Waals surface area contributed by atoms with E-state index in [0.717, 1.165) is 22.1 Å². The molecule has 136 valence electrons. The normalized spacial score (nSPS) is 22.2. The third-order valence-electron chi connectivity index (χ3n) is 5.54. The quantitative estimate of drug-likeness (QED) is 0.807. The number of anilines is 1. The average Bonchev–Trinajstić information content (AvgIpc) is 3.09. The third-order valence-corrected chi connectivity index (χ3v) is 5.54. The van der Waals surface area contributed by atoms with E-state index in [-0.39, 0.29) is 12.3 Å². The molecule has 0 saturated carbocycles. The number of H-pyrrole nitrogens is 1. The number of nitrogens with zero attached hydrogens (tertiary/aromatic N) is 1. The molecule has 2 aliphatic heterocycles. The van der Waals surface area contributed by atoms with Crippen LogP contribution in [0.4, 0.5) is 10.5 Å². The zero-order valence-corrected chi connectivity index (χ0v) is 15.4. The van der Waals surface area contributed by atoms with Crippen molar-refractivity contribution in [2.45, 2.75) is 45.3 Å². The van der Waals surface area contributed by atoms with E-state index >= 15 is 0 Å². The molecular formula is C18H22BN3O4. The maximum atomic E-state index is 12.3. The number of aromatic amines is 1. The van der Waals surface area contributed by atoms with E-state index in [1.165, 1.54) is 0 Å². The standard InChI is InChI=1S/C18H22BN3O4/c1-17(2)18(3,4)26-19(25-17)11-9-13-12(5-7-20-13)14(10-11)22-8-6-15(23)21-16(22)24/h5,7,9-10,20H,6,8H2,1-4H3,(H,21,23,24). The van der Waals surface area contributed by atoms with Crippen molar-refractivity contribution in [1.82, 2.24) is 10.3 Å². The molecule has 2 fully saturated rings. The second-order valence-corrected chi connectivity index (χ2v) is 7.82. The zero-order valence-electron chi connectivity index (χ0n) is 15.4. The molecule has 3 amide bonds. The van der Waals surface area contributed by atoms with Crippen LogP contribution >= 0.6 is 0 Å². The molecule has 2 aromatic rings. The van der Waals surface area contributed by atoms with Crippen LogP contribution in [0.3, 0.4) is 0 Å². The molecule has 2 N–H and O–H groups in total. The van der Waals surface area contributed by atoms with Gasteiger partial charge in [-0.05, 0) is 51.4 Å². The Morgan fingerprint density at radius 2 is 1.81 bits per heavy atom. The highest BCUT2D eigenvalue weighted by molar-refractivity contribution is 6.62. The lowest BCUT2D eigenvalue weighted by Crippen LogP contribution is -2.50. The number of rotatable bonds is 2. The predicted molar refractivity (Wildman–Crippen MR) is 99.5 cm³/mol. The number of hydrogen-bond acceptors (Lipinski definition) is 4. The van der Waals surface area contributed by atoms with Gasteiger partial charge in [0.05, 0.1) is 16.9 Å². The van der Waals surface area contributed by atoms with Gasteiger partial charge in [-0.15, -0.1) is 0 Å². The van der Waals surface area contributed by atoms with Crippen LogP contribution in [0.1, 0.15) is 34.1 Å². The molecule has 4 rings (SSSR count).